The smallest absolute Gasteiger partial charge is 0.0196 e. The van der Waals surface area contributed by atoms with E-state index in [0.717, 1.165) is 6.42 Å². The van der Waals surface area contributed by atoms with Gasteiger partial charge in [-0.15, -0.1) is 0 Å². The summed E-state index contributed by atoms with van der Waals surface area (Å²) in [5, 5.41) is 0. The van der Waals surface area contributed by atoms with Crippen molar-refractivity contribution >= 4 is 0 Å². The third-order valence-corrected chi connectivity index (χ3v) is 3.31. The highest BCUT2D eigenvalue weighted by atomic mass is 14.1. The van der Waals surface area contributed by atoms with Crippen LogP contribution in [0, 0.1) is 5.92 Å². The van der Waals surface area contributed by atoms with Crippen molar-refractivity contribution in [2.45, 2.75) is 65.7 Å². The van der Waals surface area contributed by atoms with Gasteiger partial charge in [0.1, 0.15) is 0 Å². The van der Waals surface area contributed by atoms with E-state index in [0.29, 0.717) is 5.92 Å². The van der Waals surface area contributed by atoms with Crippen LogP contribution in [-0.2, 0) is 0 Å². The molecule has 1 atom stereocenters. The zero-order valence-corrected chi connectivity index (χ0v) is 12.1. The zero-order chi connectivity index (χ0) is 13.1. The molecule has 17 heavy (non-hydrogen) atoms. The van der Waals surface area contributed by atoms with Crippen LogP contribution in [0.5, 0.6) is 0 Å². The average molecular weight is 234 g/mol. The molecule has 0 aliphatic carbocycles. The molecule has 0 amide bonds. The van der Waals surface area contributed by atoms with Crippen LogP contribution in [0.1, 0.15) is 65.7 Å². The van der Waals surface area contributed by atoms with Gasteiger partial charge < -0.3 is 0 Å². The van der Waals surface area contributed by atoms with Gasteiger partial charge in [0.25, 0.3) is 0 Å². The molecule has 0 aromatic carbocycles. The van der Waals surface area contributed by atoms with Gasteiger partial charge in [-0.2, -0.15) is 0 Å². The summed E-state index contributed by atoms with van der Waals surface area (Å²) < 4.78 is 0. The molecule has 0 aromatic heterocycles. The molecule has 0 rings (SSSR count). The molecule has 0 aromatic rings. The van der Waals surface area contributed by atoms with Crippen molar-refractivity contribution in [1.29, 1.82) is 0 Å². The van der Waals surface area contributed by atoms with Gasteiger partial charge in [0.05, 0.1) is 0 Å². The lowest BCUT2D eigenvalue weighted by Gasteiger charge is -2.11. The monoisotopic (exact) mass is 234 g/mol. The lowest BCUT2D eigenvalue weighted by molar-refractivity contribution is 0.613. The first-order chi connectivity index (χ1) is 8.15. The number of hydrogen-bond donors (Lipinski definition) is 0. The van der Waals surface area contributed by atoms with Gasteiger partial charge in [-0.05, 0) is 30.8 Å². The first-order valence-corrected chi connectivity index (χ1v) is 7.17. The number of unbranched alkanes of at least 4 members (excludes halogenated alkanes) is 3. The molecule has 0 spiro atoms. The first kappa shape index (κ1) is 16.2. The second kappa shape index (κ2) is 10.4. The molecule has 1 unspecified atom stereocenters. The van der Waals surface area contributed by atoms with Crippen LogP contribution >= 0.6 is 0 Å². The van der Waals surface area contributed by atoms with Crippen molar-refractivity contribution in [2.75, 3.05) is 0 Å². The van der Waals surface area contributed by atoms with Crippen LogP contribution in [-0.4, -0.2) is 0 Å². The minimum Gasteiger partial charge on any atom is -0.0988 e. The van der Waals surface area contributed by atoms with Gasteiger partial charge in [-0.25, -0.2) is 0 Å². The van der Waals surface area contributed by atoms with Crippen molar-refractivity contribution < 1.29 is 0 Å². The highest BCUT2D eigenvalue weighted by Crippen LogP contribution is 2.20. The maximum absolute atomic E-state index is 4.18. The molecular weight excluding hydrogens is 204 g/mol. The Bertz CT molecular complexity index is 245. The fourth-order valence-corrected chi connectivity index (χ4v) is 1.99. The topological polar surface area (TPSA) is 0 Å². The lowest BCUT2D eigenvalue weighted by atomic mass is 9.94. The summed E-state index contributed by atoms with van der Waals surface area (Å²) >= 11 is 0. The van der Waals surface area contributed by atoms with Gasteiger partial charge in [-0.1, -0.05) is 77.3 Å². The third kappa shape index (κ3) is 8.01. The van der Waals surface area contributed by atoms with Gasteiger partial charge in [-0.3, -0.25) is 0 Å². The second-order valence-corrected chi connectivity index (χ2v) is 5.00. The average Bonchev–Trinajstić information content (AvgIpc) is 2.33. The Morgan fingerprint density at radius 3 is 2.35 bits per heavy atom. The van der Waals surface area contributed by atoms with Crippen molar-refractivity contribution in [1.82, 2.24) is 0 Å². The first-order valence-electron chi connectivity index (χ1n) is 7.17. The molecule has 0 radical (unpaired) electrons. The molecule has 0 saturated heterocycles. The Morgan fingerprint density at radius 1 is 1.12 bits per heavy atom. The van der Waals surface area contributed by atoms with Crippen molar-refractivity contribution in [2.24, 2.45) is 5.92 Å². The van der Waals surface area contributed by atoms with Crippen LogP contribution in [0.2, 0.25) is 0 Å². The summed E-state index contributed by atoms with van der Waals surface area (Å²) in [5.74, 6) is 0.602. The Kier molecular flexibility index (Phi) is 9.90. The van der Waals surface area contributed by atoms with Crippen molar-refractivity contribution in [3.63, 3.8) is 0 Å². The molecule has 0 heterocycles. The minimum atomic E-state index is 0.602. The van der Waals surface area contributed by atoms with E-state index in [1.54, 1.807) is 0 Å². The Balaban J connectivity index is 4.14. The predicted molar refractivity (Wildman–Crippen MR) is 80.3 cm³/mol. The van der Waals surface area contributed by atoms with Crippen molar-refractivity contribution in [3.05, 3.63) is 36.5 Å². The highest BCUT2D eigenvalue weighted by Gasteiger charge is 2.03. The van der Waals surface area contributed by atoms with E-state index in [1.165, 1.54) is 49.7 Å². The highest BCUT2D eigenvalue weighted by molar-refractivity contribution is 5.28. The molecule has 0 aliphatic heterocycles. The van der Waals surface area contributed by atoms with E-state index in [1.807, 2.05) is 6.08 Å². The normalized spacial score (nSPS) is 13.5. The summed E-state index contributed by atoms with van der Waals surface area (Å²) in [7, 11) is 0. The SMILES string of the molecule is C=CC(=CC(=C)C(C)CCC)CCCCCC. The predicted octanol–water partition coefficient (Wildman–Crippen LogP) is 6.06. The van der Waals surface area contributed by atoms with Crippen LogP contribution in [0.3, 0.4) is 0 Å². The van der Waals surface area contributed by atoms with E-state index in [-0.39, 0.29) is 0 Å². The maximum atomic E-state index is 4.18. The van der Waals surface area contributed by atoms with Gasteiger partial charge in [0.15, 0.2) is 0 Å². The molecule has 98 valence electrons. The third-order valence-electron chi connectivity index (χ3n) is 3.31. The van der Waals surface area contributed by atoms with Crippen molar-refractivity contribution in [3.8, 4) is 0 Å². The van der Waals surface area contributed by atoms with E-state index in [2.05, 4.69) is 40.0 Å². The summed E-state index contributed by atoms with van der Waals surface area (Å²) in [6.45, 7) is 14.8. The molecule has 0 saturated carbocycles. The second-order valence-electron chi connectivity index (χ2n) is 5.00. The van der Waals surface area contributed by atoms with E-state index in [4.69, 9.17) is 0 Å². The molecule has 0 aliphatic rings. The Labute approximate surface area is 109 Å². The van der Waals surface area contributed by atoms with Gasteiger partial charge in [0, 0.05) is 0 Å². The number of hydrogen-bond acceptors (Lipinski definition) is 0. The summed E-state index contributed by atoms with van der Waals surface area (Å²) in [6.07, 6.45) is 13.1. The van der Waals surface area contributed by atoms with Gasteiger partial charge >= 0.3 is 0 Å². The standard InChI is InChI=1S/C17H30/c1-6-9-10-11-13-17(8-3)14-16(5)15(4)12-7-2/h8,14-15H,3,5-7,9-13H2,1-2,4H3. The molecule has 0 nitrogen and oxygen atoms in total. The van der Waals surface area contributed by atoms with Crippen LogP contribution in [0.15, 0.2) is 36.5 Å². The minimum absolute atomic E-state index is 0.602. The van der Waals surface area contributed by atoms with Crippen LogP contribution in [0.4, 0.5) is 0 Å². The fraction of sp³-hybridized carbons (Fsp3) is 0.647. The zero-order valence-electron chi connectivity index (χ0n) is 12.1. The fourth-order valence-electron chi connectivity index (χ4n) is 1.99. The number of allylic oxidation sites excluding steroid dienone is 4. The Hall–Kier alpha value is -0.780. The molecule has 0 fully saturated rings. The van der Waals surface area contributed by atoms with E-state index >= 15 is 0 Å². The largest absolute Gasteiger partial charge is 0.0988 e. The summed E-state index contributed by atoms with van der Waals surface area (Å²) in [6, 6.07) is 0. The summed E-state index contributed by atoms with van der Waals surface area (Å²) in [5.41, 5.74) is 2.62. The van der Waals surface area contributed by atoms with Crippen LogP contribution in [0.25, 0.3) is 0 Å². The molecule has 0 bridgehead atoms. The Morgan fingerprint density at radius 2 is 1.82 bits per heavy atom. The van der Waals surface area contributed by atoms with Gasteiger partial charge in [0.2, 0.25) is 0 Å². The summed E-state index contributed by atoms with van der Waals surface area (Å²) in [4.78, 5) is 0. The molecule has 0 heteroatoms. The quantitative estimate of drug-likeness (QED) is 0.318. The van der Waals surface area contributed by atoms with E-state index in [9.17, 15) is 0 Å². The maximum Gasteiger partial charge on any atom is -0.0196 e. The van der Waals surface area contributed by atoms with Crippen LogP contribution < -0.4 is 0 Å². The molecular formula is C17H30. The molecule has 0 N–H and O–H groups in total. The van der Waals surface area contributed by atoms with E-state index < -0.39 is 0 Å². The number of rotatable bonds is 10. The lowest BCUT2D eigenvalue weighted by Crippen LogP contribution is -1.96.